The molecule has 2 atom stereocenters. The van der Waals surface area contributed by atoms with Crippen LogP contribution in [0.3, 0.4) is 0 Å². The lowest BCUT2D eigenvalue weighted by atomic mass is 9.79. The van der Waals surface area contributed by atoms with Crippen LogP contribution in [0.4, 0.5) is 0 Å². The van der Waals surface area contributed by atoms with E-state index in [1.807, 2.05) is 0 Å². The van der Waals surface area contributed by atoms with Gasteiger partial charge in [-0.2, -0.15) is 0 Å². The zero-order chi connectivity index (χ0) is 14.7. The van der Waals surface area contributed by atoms with Crippen LogP contribution < -0.4 is 5.32 Å². The Kier molecular flexibility index (Phi) is 4.42. The number of hydrogen-bond acceptors (Lipinski definition) is 4. The SMILES string of the molecule is Cc1nc(C)c(C(=O)NCC2CCCCC2C(=O)O)o1. The molecule has 0 saturated heterocycles. The first-order chi connectivity index (χ1) is 9.49. The number of carboxylic acids is 1. The number of carbonyl (C=O) groups excluding carboxylic acids is 1. The summed E-state index contributed by atoms with van der Waals surface area (Å²) in [7, 11) is 0. The molecule has 2 rings (SSSR count). The first kappa shape index (κ1) is 14.6. The molecule has 110 valence electrons. The summed E-state index contributed by atoms with van der Waals surface area (Å²) >= 11 is 0. The Balaban J connectivity index is 1.95. The van der Waals surface area contributed by atoms with Crippen molar-refractivity contribution >= 4 is 11.9 Å². The Hall–Kier alpha value is -1.85. The topological polar surface area (TPSA) is 92.4 Å². The van der Waals surface area contributed by atoms with Crippen LogP contribution in [0, 0.1) is 25.7 Å². The van der Waals surface area contributed by atoms with Crippen molar-refractivity contribution in [3.63, 3.8) is 0 Å². The van der Waals surface area contributed by atoms with Gasteiger partial charge in [-0.15, -0.1) is 0 Å². The molecule has 1 aromatic heterocycles. The number of carboxylic acid groups (broad SMARTS) is 1. The van der Waals surface area contributed by atoms with Gasteiger partial charge in [-0.1, -0.05) is 12.8 Å². The van der Waals surface area contributed by atoms with Crippen molar-refractivity contribution in [2.75, 3.05) is 6.54 Å². The summed E-state index contributed by atoms with van der Waals surface area (Å²) in [5, 5.41) is 12.0. The lowest BCUT2D eigenvalue weighted by Crippen LogP contribution is -2.37. The average Bonchev–Trinajstić information content (AvgIpc) is 2.75. The van der Waals surface area contributed by atoms with E-state index < -0.39 is 5.97 Å². The molecule has 1 aromatic rings. The number of nitrogens with zero attached hydrogens (tertiary/aromatic N) is 1. The van der Waals surface area contributed by atoms with E-state index in [0.29, 0.717) is 24.6 Å². The molecule has 2 N–H and O–H groups in total. The Morgan fingerprint density at radius 3 is 2.65 bits per heavy atom. The number of oxazole rings is 1. The van der Waals surface area contributed by atoms with Gasteiger partial charge < -0.3 is 14.8 Å². The van der Waals surface area contributed by atoms with Crippen molar-refractivity contribution in [1.82, 2.24) is 10.3 Å². The highest BCUT2D eigenvalue weighted by Gasteiger charge is 2.31. The van der Waals surface area contributed by atoms with E-state index in [-0.39, 0.29) is 23.5 Å². The lowest BCUT2D eigenvalue weighted by Gasteiger charge is -2.28. The minimum atomic E-state index is -0.768. The van der Waals surface area contributed by atoms with Gasteiger partial charge >= 0.3 is 5.97 Å². The molecule has 20 heavy (non-hydrogen) atoms. The highest BCUT2D eigenvalue weighted by atomic mass is 16.4. The minimum Gasteiger partial charge on any atom is -0.481 e. The fourth-order valence-corrected chi connectivity index (χ4v) is 2.82. The maximum absolute atomic E-state index is 12.0. The molecule has 6 nitrogen and oxygen atoms in total. The second kappa shape index (κ2) is 6.07. The molecule has 2 unspecified atom stereocenters. The predicted octanol–water partition coefficient (Wildman–Crippen LogP) is 1.91. The summed E-state index contributed by atoms with van der Waals surface area (Å²) in [6, 6.07) is 0. The highest BCUT2D eigenvalue weighted by Crippen LogP contribution is 2.29. The lowest BCUT2D eigenvalue weighted by molar-refractivity contribution is -0.144. The number of aryl methyl sites for hydroxylation is 2. The molecule has 1 amide bonds. The van der Waals surface area contributed by atoms with Gasteiger partial charge in [-0.3, -0.25) is 9.59 Å². The van der Waals surface area contributed by atoms with E-state index in [1.54, 1.807) is 13.8 Å². The van der Waals surface area contributed by atoms with E-state index in [2.05, 4.69) is 10.3 Å². The predicted molar refractivity (Wildman–Crippen MR) is 71.4 cm³/mol. The quantitative estimate of drug-likeness (QED) is 0.879. The Labute approximate surface area is 117 Å². The number of aliphatic carboxylic acids is 1. The van der Waals surface area contributed by atoms with Gasteiger partial charge in [-0.25, -0.2) is 4.98 Å². The van der Waals surface area contributed by atoms with Gasteiger partial charge in [0.2, 0.25) is 5.76 Å². The summed E-state index contributed by atoms with van der Waals surface area (Å²) in [4.78, 5) is 27.2. The Bertz CT molecular complexity index is 509. The molecule has 0 bridgehead atoms. The molecule has 1 aliphatic carbocycles. The van der Waals surface area contributed by atoms with Crippen LogP contribution in [0.15, 0.2) is 4.42 Å². The molecule has 1 fully saturated rings. The fourth-order valence-electron chi connectivity index (χ4n) is 2.82. The van der Waals surface area contributed by atoms with Crippen molar-refractivity contribution in [2.45, 2.75) is 39.5 Å². The van der Waals surface area contributed by atoms with E-state index in [0.717, 1.165) is 19.3 Å². The minimum absolute atomic E-state index is 0.00507. The van der Waals surface area contributed by atoms with E-state index in [9.17, 15) is 14.7 Å². The second-order valence-electron chi connectivity index (χ2n) is 5.35. The maximum Gasteiger partial charge on any atom is 0.306 e. The van der Waals surface area contributed by atoms with Gasteiger partial charge in [0.05, 0.1) is 11.6 Å². The van der Waals surface area contributed by atoms with Crippen LogP contribution in [0.2, 0.25) is 0 Å². The van der Waals surface area contributed by atoms with Crippen molar-refractivity contribution in [3.8, 4) is 0 Å². The van der Waals surface area contributed by atoms with E-state index in [1.165, 1.54) is 0 Å². The number of nitrogens with one attached hydrogen (secondary N) is 1. The van der Waals surface area contributed by atoms with Crippen molar-refractivity contribution in [1.29, 1.82) is 0 Å². The van der Waals surface area contributed by atoms with E-state index >= 15 is 0 Å². The van der Waals surface area contributed by atoms with Gasteiger partial charge in [0.15, 0.2) is 5.89 Å². The largest absolute Gasteiger partial charge is 0.481 e. The first-order valence-corrected chi connectivity index (χ1v) is 6.94. The summed E-state index contributed by atoms with van der Waals surface area (Å²) < 4.78 is 5.25. The van der Waals surface area contributed by atoms with Crippen LogP contribution >= 0.6 is 0 Å². The van der Waals surface area contributed by atoms with Gasteiger partial charge in [0.25, 0.3) is 5.91 Å². The van der Waals surface area contributed by atoms with Crippen LogP contribution in [0.1, 0.15) is 47.8 Å². The summed E-state index contributed by atoms with van der Waals surface area (Å²) in [5.41, 5.74) is 0.554. The molecule has 0 radical (unpaired) electrons. The summed E-state index contributed by atoms with van der Waals surface area (Å²) in [6.07, 6.45) is 3.49. The van der Waals surface area contributed by atoms with Crippen molar-refractivity contribution in [3.05, 3.63) is 17.3 Å². The third-order valence-corrected chi connectivity index (χ3v) is 3.86. The first-order valence-electron chi connectivity index (χ1n) is 6.94. The normalized spacial score (nSPS) is 22.5. The molecule has 1 saturated carbocycles. The zero-order valence-corrected chi connectivity index (χ0v) is 11.8. The Morgan fingerprint density at radius 2 is 2.05 bits per heavy atom. The molecule has 1 heterocycles. The van der Waals surface area contributed by atoms with Crippen LogP contribution in [-0.4, -0.2) is 28.5 Å². The molecular formula is C14H20N2O4. The molecule has 0 aromatic carbocycles. The maximum atomic E-state index is 12.0. The Morgan fingerprint density at radius 1 is 1.35 bits per heavy atom. The third kappa shape index (κ3) is 3.18. The molecular weight excluding hydrogens is 260 g/mol. The molecule has 1 aliphatic rings. The molecule has 6 heteroatoms. The zero-order valence-electron chi connectivity index (χ0n) is 11.8. The van der Waals surface area contributed by atoms with Crippen molar-refractivity contribution in [2.24, 2.45) is 11.8 Å². The van der Waals surface area contributed by atoms with Gasteiger partial charge in [0, 0.05) is 13.5 Å². The van der Waals surface area contributed by atoms with Gasteiger partial charge in [0.1, 0.15) is 0 Å². The van der Waals surface area contributed by atoms with Gasteiger partial charge in [-0.05, 0) is 25.7 Å². The van der Waals surface area contributed by atoms with Crippen molar-refractivity contribution < 1.29 is 19.1 Å². The molecule has 0 aliphatic heterocycles. The van der Waals surface area contributed by atoms with Crippen LogP contribution in [-0.2, 0) is 4.79 Å². The summed E-state index contributed by atoms with van der Waals surface area (Å²) in [5.74, 6) is -0.788. The number of hydrogen-bond donors (Lipinski definition) is 2. The fraction of sp³-hybridized carbons (Fsp3) is 0.643. The van der Waals surface area contributed by atoms with Crippen LogP contribution in [0.5, 0.6) is 0 Å². The number of rotatable bonds is 4. The highest BCUT2D eigenvalue weighted by molar-refractivity contribution is 5.92. The molecule has 0 spiro atoms. The average molecular weight is 280 g/mol. The number of carbonyl (C=O) groups is 2. The van der Waals surface area contributed by atoms with Crippen LogP contribution in [0.25, 0.3) is 0 Å². The summed E-state index contributed by atoms with van der Waals surface area (Å²) in [6.45, 7) is 3.77. The number of amides is 1. The van der Waals surface area contributed by atoms with E-state index in [4.69, 9.17) is 4.42 Å². The second-order valence-corrected chi connectivity index (χ2v) is 5.35. The third-order valence-electron chi connectivity index (χ3n) is 3.86. The standard InChI is InChI=1S/C14H20N2O4/c1-8-12(20-9(2)16-8)13(17)15-7-10-5-3-4-6-11(10)14(18)19/h10-11H,3-7H2,1-2H3,(H,15,17)(H,18,19). The monoisotopic (exact) mass is 280 g/mol. The number of aromatic nitrogens is 1. The smallest absolute Gasteiger partial charge is 0.306 e.